The predicted octanol–water partition coefficient (Wildman–Crippen LogP) is 2.40. The molecule has 4 aliphatic heterocycles. The second-order valence-corrected chi connectivity index (χ2v) is 8.82. The van der Waals surface area contributed by atoms with E-state index in [2.05, 4.69) is 46.6 Å². The lowest BCUT2D eigenvalue weighted by Crippen LogP contribution is -2.58. The molecule has 0 radical (unpaired) electrons. The van der Waals surface area contributed by atoms with Crippen LogP contribution in [0.25, 0.3) is 0 Å². The first-order chi connectivity index (χ1) is 14.1. The van der Waals surface area contributed by atoms with Crippen LogP contribution in [-0.4, -0.2) is 91.8 Å². The predicted molar refractivity (Wildman–Crippen MR) is 116 cm³/mol. The monoisotopic (exact) mass is 400 g/mol. The summed E-state index contributed by atoms with van der Waals surface area (Å²) in [5.74, 6) is 0. The van der Waals surface area contributed by atoms with Gasteiger partial charge in [-0.25, -0.2) is 4.79 Å². The van der Waals surface area contributed by atoms with Crippen molar-refractivity contribution < 1.29 is 9.53 Å². The Labute approximate surface area is 175 Å². The van der Waals surface area contributed by atoms with Crippen LogP contribution in [0.15, 0.2) is 35.5 Å². The van der Waals surface area contributed by atoms with Gasteiger partial charge in [0.05, 0.1) is 19.3 Å². The van der Waals surface area contributed by atoms with E-state index in [1.54, 1.807) is 0 Å². The Morgan fingerprint density at radius 1 is 1.31 bits per heavy atom. The second-order valence-electron chi connectivity index (χ2n) is 8.82. The average molecular weight is 401 g/mol. The number of likely N-dealkylation sites (tertiary alicyclic amines) is 1. The minimum Gasteiger partial charge on any atom is -0.378 e. The quantitative estimate of drug-likeness (QED) is 0.787. The first-order valence-corrected chi connectivity index (χ1v) is 11.2. The van der Waals surface area contributed by atoms with E-state index in [1.807, 2.05) is 6.08 Å². The molecule has 4 heterocycles. The van der Waals surface area contributed by atoms with Crippen LogP contribution in [0.2, 0.25) is 0 Å². The first kappa shape index (κ1) is 20.6. The van der Waals surface area contributed by atoms with Crippen molar-refractivity contribution in [3.63, 3.8) is 0 Å². The van der Waals surface area contributed by atoms with E-state index in [4.69, 9.17) is 4.74 Å². The van der Waals surface area contributed by atoms with Crippen molar-refractivity contribution in [3.05, 3.63) is 35.5 Å². The summed E-state index contributed by atoms with van der Waals surface area (Å²) in [5, 5.41) is 3.60. The van der Waals surface area contributed by atoms with Crippen molar-refractivity contribution in [1.29, 1.82) is 0 Å². The summed E-state index contributed by atoms with van der Waals surface area (Å²) >= 11 is 0. The lowest BCUT2D eigenvalue weighted by atomic mass is 9.88. The fraction of sp³-hybridized carbons (Fsp3) is 0.696. The highest BCUT2D eigenvalue weighted by Crippen LogP contribution is 2.33. The average Bonchev–Trinajstić information content (AvgIpc) is 3.02. The van der Waals surface area contributed by atoms with Crippen molar-refractivity contribution in [3.8, 4) is 0 Å². The van der Waals surface area contributed by atoms with E-state index < -0.39 is 0 Å². The van der Waals surface area contributed by atoms with Gasteiger partial charge in [0.1, 0.15) is 0 Å². The molecular formula is C23H36N4O2. The van der Waals surface area contributed by atoms with Gasteiger partial charge in [-0.1, -0.05) is 25.7 Å². The second kappa shape index (κ2) is 9.02. The van der Waals surface area contributed by atoms with Crippen LogP contribution < -0.4 is 5.32 Å². The molecule has 0 saturated carbocycles. The molecular weight excluding hydrogens is 364 g/mol. The summed E-state index contributed by atoms with van der Waals surface area (Å²) in [4.78, 5) is 20.2. The number of piperazine rings is 1. The summed E-state index contributed by atoms with van der Waals surface area (Å²) < 4.78 is 5.74. The number of urea groups is 1. The Morgan fingerprint density at radius 2 is 2.07 bits per heavy atom. The molecule has 0 spiro atoms. The molecule has 3 fully saturated rings. The highest BCUT2D eigenvalue weighted by molar-refractivity contribution is 5.77. The van der Waals surface area contributed by atoms with Gasteiger partial charge in [0, 0.05) is 44.8 Å². The maximum Gasteiger partial charge on any atom is 0.320 e. The van der Waals surface area contributed by atoms with Gasteiger partial charge in [0.2, 0.25) is 0 Å². The van der Waals surface area contributed by atoms with E-state index in [0.29, 0.717) is 25.2 Å². The largest absolute Gasteiger partial charge is 0.378 e. The number of morpholine rings is 1. The number of hydrogen-bond acceptors (Lipinski definition) is 4. The van der Waals surface area contributed by atoms with Crippen LogP contribution in [0.3, 0.4) is 0 Å². The molecule has 4 rings (SSSR count). The normalized spacial score (nSPS) is 31.4. The van der Waals surface area contributed by atoms with Gasteiger partial charge in [-0.2, -0.15) is 0 Å². The van der Waals surface area contributed by atoms with Crippen LogP contribution in [0, 0.1) is 0 Å². The zero-order chi connectivity index (χ0) is 20.4. The zero-order valence-electron chi connectivity index (χ0n) is 18.0. The summed E-state index contributed by atoms with van der Waals surface area (Å²) in [6, 6.07) is 1.18. The Kier molecular flexibility index (Phi) is 6.42. The van der Waals surface area contributed by atoms with Crippen LogP contribution >= 0.6 is 0 Å². The summed E-state index contributed by atoms with van der Waals surface area (Å²) in [6.07, 6.45) is 8.42. The van der Waals surface area contributed by atoms with Crippen LogP contribution in [0.4, 0.5) is 4.79 Å². The number of nitrogens with zero attached hydrogens (tertiary/aromatic N) is 3. The molecule has 1 N–H and O–H groups in total. The van der Waals surface area contributed by atoms with E-state index in [-0.39, 0.29) is 12.1 Å². The summed E-state index contributed by atoms with van der Waals surface area (Å²) in [6.45, 7) is 12.0. The molecule has 2 amide bonds. The minimum atomic E-state index is 0.198. The van der Waals surface area contributed by atoms with Gasteiger partial charge >= 0.3 is 6.03 Å². The third-order valence-electron chi connectivity index (χ3n) is 6.86. The van der Waals surface area contributed by atoms with Gasteiger partial charge in [-0.05, 0) is 49.5 Å². The number of fused-ring (bicyclic) bond motifs is 2. The third-order valence-corrected chi connectivity index (χ3v) is 6.86. The standard InChI is InChI=1S/C23H36N4O2/c1-4-6-20(22-16-29-12-10-24-22)21-15-26(11-9-17(21)5-2)23(28)27-18-7-8-19(27)14-25(3)13-18/h5-6,18-19,22,24H,2,4,7-16H2,1,3H3/b20-6-/t18?,19?,22-/m0/s1. The molecule has 0 aromatic carbocycles. The molecule has 160 valence electrons. The Bertz CT molecular complexity index is 681. The number of hydrogen-bond donors (Lipinski definition) is 1. The molecule has 6 nitrogen and oxygen atoms in total. The fourth-order valence-corrected chi connectivity index (χ4v) is 5.49. The van der Waals surface area contributed by atoms with Crippen molar-refractivity contribution in [2.24, 2.45) is 0 Å². The number of carbonyl (C=O) groups is 1. The SMILES string of the molecule is C=CC1=C(/C(=C/CC)[C@@H]2COCCN2)CN(C(=O)N2C3CCC2CN(C)C3)CC1. The molecule has 3 atom stereocenters. The number of amides is 2. The van der Waals surface area contributed by atoms with E-state index in [0.717, 1.165) is 58.5 Å². The molecule has 3 saturated heterocycles. The van der Waals surface area contributed by atoms with E-state index in [9.17, 15) is 4.79 Å². The highest BCUT2D eigenvalue weighted by Gasteiger charge is 2.43. The highest BCUT2D eigenvalue weighted by atomic mass is 16.5. The number of ether oxygens (including phenoxy) is 1. The fourth-order valence-electron chi connectivity index (χ4n) is 5.49. The molecule has 4 aliphatic rings. The van der Waals surface area contributed by atoms with Crippen LogP contribution in [0.5, 0.6) is 0 Å². The van der Waals surface area contributed by atoms with Crippen molar-refractivity contribution >= 4 is 6.03 Å². The van der Waals surface area contributed by atoms with Gasteiger partial charge in [-0.15, -0.1) is 0 Å². The first-order valence-electron chi connectivity index (χ1n) is 11.2. The number of rotatable bonds is 4. The maximum absolute atomic E-state index is 13.5. The molecule has 6 heteroatoms. The lowest BCUT2D eigenvalue weighted by molar-refractivity contribution is 0.0797. The lowest BCUT2D eigenvalue weighted by Gasteiger charge is -2.43. The Morgan fingerprint density at radius 3 is 2.69 bits per heavy atom. The Hall–Kier alpha value is -1.63. The van der Waals surface area contributed by atoms with E-state index >= 15 is 0 Å². The molecule has 0 aliphatic carbocycles. The van der Waals surface area contributed by atoms with Crippen LogP contribution in [-0.2, 0) is 4.74 Å². The maximum atomic E-state index is 13.5. The molecule has 0 aromatic heterocycles. The molecule has 0 aromatic rings. The van der Waals surface area contributed by atoms with Crippen LogP contribution in [0.1, 0.15) is 32.6 Å². The topological polar surface area (TPSA) is 48.1 Å². The van der Waals surface area contributed by atoms with Crippen molar-refractivity contribution in [2.75, 3.05) is 53.0 Å². The van der Waals surface area contributed by atoms with Gasteiger partial charge in [0.15, 0.2) is 0 Å². The van der Waals surface area contributed by atoms with Gasteiger partial charge in [-0.3, -0.25) is 0 Å². The zero-order valence-corrected chi connectivity index (χ0v) is 18.0. The molecule has 2 unspecified atom stereocenters. The van der Waals surface area contributed by atoms with Gasteiger partial charge in [0.25, 0.3) is 0 Å². The number of allylic oxidation sites excluding steroid dienone is 2. The molecule has 2 bridgehead atoms. The number of carbonyl (C=O) groups excluding carboxylic acids is 1. The number of likely N-dealkylation sites (N-methyl/N-ethyl adjacent to an activating group) is 1. The minimum absolute atomic E-state index is 0.198. The van der Waals surface area contributed by atoms with Crippen molar-refractivity contribution in [1.82, 2.24) is 20.0 Å². The third kappa shape index (κ3) is 4.16. The Balaban J connectivity index is 1.55. The smallest absolute Gasteiger partial charge is 0.320 e. The summed E-state index contributed by atoms with van der Waals surface area (Å²) in [7, 11) is 2.17. The van der Waals surface area contributed by atoms with Gasteiger partial charge < -0.3 is 24.8 Å². The van der Waals surface area contributed by atoms with Crippen molar-refractivity contribution in [2.45, 2.75) is 50.7 Å². The van der Waals surface area contributed by atoms with E-state index in [1.165, 1.54) is 16.7 Å². The summed E-state index contributed by atoms with van der Waals surface area (Å²) in [5.41, 5.74) is 3.84. The number of nitrogens with one attached hydrogen (secondary N) is 1. The molecule has 29 heavy (non-hydrogen) atoms.